The number of piperidine rings is 1. The first kappa shape index (κ1) is 24.2. The van der Waals surface area contributed by atoms with Crippen molar-refractivity contribution in [3.8, 4) is 17.0 Å². The minimum absolute atomic E-state index is 0.0166. The molecule has 184 valence electrons. The maximum absolute atomic E-state index is 12.8. The predicted molar refractivity (Wildman–Crippen MR) is 119 cm³/mol. The molecule has 5 N–H and O–H groups in total. The lowest BCUT2D eigenvalue weighted by atomic mass is 10.0. The number of benzene rings is 1. The number of carbonyl (C=O) groups excluding carboxylic acids is 1. The topological polar surface area (TPSA) is 122 Å². The van der Waals surface area contributed by atoms with Crippen LogP contribution in [0.15, 0.2) is 24.3 Å². The molecule has 11 heteroatoms. The molecule has 2 aliphatic rings. The van der Waals surface area contributed by atoms with Gasteiger partial charge in [-0.3, -0.25) is 4.79 Å². The first-order chi connectivity index (χ1) is 16.1. The fourth-order valence-electron chi connectivity index (χ4n) is 4.45. The van der Waals surface area contributed by atoms with Crippen LogP contribution in [0.3, 0.4) is 0 Å². The van der Waals surface area contributed by atoms with Crippen LogP contribution in [0.25, 0.3) is 11.3 Å². The van der Waals surface area contributed by atoms with Crippen LogP contribution >= 0.6 is 0 Å². The molecule has 1 aliphatic carbocycles. The second-order valence-corrected chi connectivity index (χ2v) is 9.00. The smallest absolute Gasteiger partial charge is 0.416 e. The number of hydrogen-bond acceptors (Lipinski definition) is 8. The van der Waals surface area contributed by atoms with Crippen LogP contribution in [0.1, 0.15) is 43.2 Å². The number of esters is 1. The maximum atomic E-state index is 12.8. The Labute approximate surface area is 195 Å². The molecule has 4 atom stereocenters. The van der Waals surface area contributed by atoms with Gasteiger partial charge in [-0.1, -0.05) is 0 Å². The molecule has 2 aromatic rings. The number of nitrogens with zero attached hydrogens (tertiary/aromatic N) is 2. The normalized spacial score (nSPS) is 25.2. The molecule has 0 bridgehead atoms. The Hall–Kier alpha value is -2.92. The van der Waals surface area contributed by atoms with E-state index in [-0.39, 0.29) is 35.8 Å². The number of phenols is 1. The standard InChI is InChI=1S/C23H28F3N5O3/c1-12-8-20(30-31-21(12)17-6-2-13(9-19(17)32)23(24,25)26)29-15-4-7-18(28-11-15)22(33)34-16-5-3-14(27)10-16/h2,6,8-9,14-16,18,28,32H,3-5,7,10-11,27H2,1H3,(H,29,30)/t14-,15-,16+,18+/m1/s1. The zero-order valence-electron chi connectivity index (χ0n) is 18.7. The summed E-state index contributed by atoms with van der Waals surface area (Å²) in [7, 11) is 0. The van der Waals surface area contributed by atoms with Crippen molar-refractivity contribution in [3.63, 3.8) is 0 Å². The summed E-state index contributed by atoms with van der Waals surface area (Å²) in [5, 5.41) is 24.8. The van der Waals surface area contributed by atoms with Gasteiger partial charge < -0.3 is 26.2 Å². The fourth-order valence-corrected chi connectivity index (χ4v) is 4.45. The molecular weight excluding hydrogens is 451 g/mol. The molecule has 4 rings (SSSR count). The van der Waals surface area contributed by atoms with E-state index in [0.29, 0.717) is 42.5 Å². The van der Waals surface area contributed by atoms with Crippen molar-refractivity contribution in [2.24, 2.45) is 5.73 Å². The summed E-state index contributed by atoms with van der Waals surface area (Å²) in [4.78, 5) is 12.4. The average Bonchev–Trinajstić information content (AvgIpc) is 3.18. The van der Waals surface area contributed by atoms with E-state index in [9.17, 15) is 23.1 Å². The Morgan fingerprint density at radius 1 is 1.21 bits per heavy atom. The summed E-state index contributed by atoms with van der Waals surface area (Å²) in [6.07, 6.45) is -0.916. The third kappa shape index (κ3) is 5.58. The molecule has 34 heavy (non-hydrogen) atoms. The number of anilines is 1. The van der Waals surface area contributed by atoms with Gasteiger partial charge in [0.05, 0.1) is 11.3 Å². The monoisotopic (exact) mass is 479 g/mol. The lowest BCUT2D eigenvalue weighted by Crippen LogP contribution is -2.49. The number of hydrogen-bond donors (Lipinski definition) is 4. The molecule has 1 aromatic carbocycles. The summed E-state index contributed by atoms with van der Waals surface area (Å²) in [5.41, 5.74) is 6.06. The first-order valence-electron chi connectivity index (χ1n) is 11.3. The summed E-state index contributed by atoms with van der Waals surface area (Å²) < 4.78 is 44.1. The summed E-state index contributed by atoms with van der Waals surface area (Å²) >= 11 is 0. The van der Waals surface area contributed by atoms with Gasteiger partial charge in [0.1, 0.15) is 23.7 Å². The minimum Gasteiger partial charge on any atom is -0.507 e. The van der Waals surface area contributed by atoms with Crippen LogP contribution in [0, 0.1) is 6.92 Å². The lowest BCUT2D eigenvalue weighted by Gasteiger charge is -2.30. The Balaban J connectivity index is 1.33. The number of aromatic nitrogens is 2. The van der Waals surface area contributed by atoms with Crippen LogP contribution in [-0.4, -0.2) is 52.0 Å². The van der Waals surface area contributed by atoms with Gasteiger partial charge in [0.2, 0.25) is 0 Å². The SMILES string of the molecule is Cc1cc(N[C@@H]2CC[C@@H](C(=O)O[C@H]3CC[C@@H](N)C3)NC2)nnc1-c1ccc(C(F)(F)F)cc1O. The fraction of sp³-hybridized carbons (Fsp3) is 0.522. The van der Waals surface area contributed by atoms with Crippen molar-refractivity contribution in [2.45, 2.75) is 69.4 Å². The van der Waals surface area contributed by atoms with E-state index in [1.807, 2.05) is 0 Å². The van der Waals surface area contributed by atoms with E-state index in [0.717, 1.165) is 25.3 Å². The third-order valence-corrected chi connectivity index (χ3v) is 6.32. The largest absolute Gasteiger partial charge is 0.507 e. The number of rotatable bonds is 5. The number of aromatic hydroxyl groups is 1. The number of aryl methyl sites for hydroxylation is 1. The number of phenolic OH excluding ortho intramolecular Hbond substituents is 1. The van der Waals surface area contributed by atoms with E-state index in [4.69, 9.17) is 10.5 Å². The van der Waals surface area contributed by atoms with E-state index in [1.54, 1.807) is 13.0 Å². The highest BCUT2D eigenvalue weighted by atomic mass is 19.4. The van der Waals surface area contributed by atoms with Gasteiger partial charge in [-0.15, -0.1) is 10.2 Å². The van der Waals surface area contributed by atoms with Gasteiger partial charge >= 0.3 is 12.1 Å². The second kappa shape index (κ2) is 9.75. The Morgan fingerprint density at radius 2 is 2.00 bits per heavy atom. The van der Waals surface area contributed by atoms with Gasteiger partial charge in [0.15, 0.2) is 0 Å². The highest BCUT2D eigenvalue weighted by molar-refractivity contribution is 5.76. The summed E-state index contributed by atoms with van der Waals surface area (Å²) in [6, 6.07) is 4.26. The lowest BCUT2D eigenvalue weighted by molar-refractivity contribution is -0.152. The number of nitrogens with one attached hydrogen (secondary N) is 2. The van der Waals surface area contributed by atoms with E-state index in [2.05, 4.69) is 20.8 Å². The Kier molecular flexibility index (Phi) is 6.94. The highest BCUT2D eigenvalue weighted by Gasteiger charge is 2.32. The average molecular weight is 480 g/mol. The van der Waals surface area contributed by atoms with Crippen LogP contribution < -0.4 is 16.4 Å². The van der Waals surface area contributed by atoms with Crippen molar-refractivity contribution in [3.05, 3.63) is 35.4 Å². The van der Waals surface area contributed by atoms with Crippen molar-refractivity contribution >= 4 is 11.8 Å². The molecule has 0 spiro atoms. The molecule has 0 unspecified atom stereocenters. The molecule has 2 fully saturated rings. The van der Waals surface area contributed by atoms with Crippen LogP contribution in [0.5, 0.6) is 5.75 Å². The zero-order chi connectivity index (χ0) is 24.5. The van der Waals surface area contributed by atoms with E-state index >= 15 is 0 Å². The van der Waals surface area contributed by atoms with Gasteiger partial charge in [0, 0.05) is 24.2 Å². The van der Waals surface area contributed by atoms with Crippen LogP contribution in [0.4, 0.5) is 19.0 Å². The van der Waals surface area contributed by atoms with Crippen LogP contribution in [0.2, 0.25) is 0 Å². The Bertz CT molecular complexity index is 1040. The molecule has 1 saturated heterocycles. The second-order valence-electron chi connectivity index (χ2n) is 9.00. The molecule has 0 radical (unpaired) electrons. The summed E-state index contributed by atoms with van der Waals surface area (Å²) in [5.74, 6) is -0.253. The summed E-state index contributed by atoms with van der Waals surface area (Å²) in [6.45, 7) is 2.28. The Morgan fingerprint density at radius 3 is 2.59 bits per heavy atom. The predicted octanol–water partition coefficient (Wildman–Crippen LogP) is 3.13. The molecule has 1 aliphatic heterocycles. The van der Waals surface area contributed by atoms with Crippen molar-refractivity contribution in [1.82, 2.24) is 15.5 Å². The number of halogens is 3. The molecule has 8 nitrogen and oxygen atoms in total. The molecule has 0 amide bonds. The zero-order valence-corrected chi connectivity index (χ0v) is 18.7. The van der Waals surface area contributed by atoms with E-state index < -0.39 is 17.5 Å². The maximum Gasteiger partial charge on any atom is 0.416 e. The number of carbonyl (C=O) groups is 1. The molecular formula is C23H28F3N5O3. The molecule has 2 heterocycles. The quantitative estimate of drug-likeness (QED) is 0.483. The van der Waals surface area contributed by atoms with Gasteiger partial charge in [-0.25, -0.2) is 0 Å². The highest BCUT2D eigenvalue weighted by Crippen LogP contribution is 2.37. The molecule has 1 saturated carbocycles. The van der Waals surface area contributed by atoms with Crippen molar-refractivity contribution < 1.29 is 27.8 Å². The minimum atomic E-state index is -4.54. The van der Waals surface area contributed by atoms with Crippen molar-refractivity contribution in [1.29, 1.82) is 0 Å². The number of nitrogens with two attached hydrogens (primary N) is 1. The van der Waals surface area contributed by atoms with E-state index in [1.165, 1.54) is 6.07 Å². The number of alkyl halides is 3. The number of ether oxygens (including phenoxy) is 1. The van der Waals surface area contributed by atoms with Gasteiger partial charge in [0.25, 0.3) is 0 Å². The van der Waals surface area contributed by atoms with Crippen LogP contribution in [-0.2, 0) is 15.7 Å². The first-order valence-corrected chi connectivity index (χ1v) is 11.3. The van der Waals surface area contributed by atoms with Gasteiger partial charge in [-0.2, -0.15) is 13.2 Å². The van der Waals surface area contributed by atoms with Crippen molar-refractivity contribution in [2.75, 3.05) is 11.9 Å². The van der Waals surface area contributed by atoms with Gasteiger partial charge in [-0.05, 0) is 68.9 Å². The molecule has 1 aromatic heterocycles. The third-order valence-electron chi connectivity index (χ3n) is 6.32.